The second-order valence-electron chi connectivity index (χ2n) is 12.3. The van der Waals surface area contributed by atoms with Gasteiger partial charge in [0, 0.05) is 13.5 Å². The number of allylic oxidation sites excluding steroid dienone is 2. The monoisotopic (exact) mass is 593 g/mol. The van der Waals surface area contributed by atoms with E-state index in [1.165, 1.54) is 62.7 Å². The molecular formula is C34H63N3O5. The number of hydrogen-bond donors (Lipinski definition) is 1. The van der Waals surface area contributed by atoms with Gasteiger partial charge in [-0.25, -0.2) is 4.79 Å². The molecule has 0 rings (SSSR count). The van der Waals surface area contributed by atoms with Gasteiger partial charge in [-0.15, -0.1) is 4.99 Å². The normalized spacial score (nSPS) is 12.0. The highest BCUT2D eigenvalue weighted by Gasteiger charge is 2.20. The molecule has 0 aliphatic heterocycles. The number of ether oxygens (including phenoxy) is 2. The van der Waals surface area contributed by atoms with E-state index in [0.29, 0.717) is 13.0 Å². The molecule has 0 aromatic rings. The number of guanidine groups is 1. The minimum absolute atomic E-state index is 0.0121. The number of esters is 1. The highest BCUT2D eigenvalue weighted by atomic mass is 16.6. The molecule has 2 amide bonds. The molecule has 0 spiro atoms. The van der Waals surface area contributed by atoms with E-state index in [0.717, 1.165) is 57.8 Å². The van der Waals surface area contributed by atoms with Gasteiger partial charge in [-0.3, -0.25) is 14.9 Å². The Morgan fingerprint density at radius 3 is 1.79 bits per heavy atom. The van der Waals surface area contributed by atoms with Crippen LogP contribution in [-0.2, 0) is 19.1 Å². The number of hydrogen-bond acceptors (Lipinski definition) is 5. The van der Waals surface area contributed by atoms with Crippen LogP contribution in [0.2, 0.25) is 0 Å². The lowest BCUT2D eigenvalue weighted by Crippen LogP contribution is -2.45. The van der Waals surface area contributed by atoms with E-state index in [2.05, 4.69) is 36.3 Å². The largest absolute Gasteiger partial charge is 0.464 e. The van der Waals surface area contributed by atoms with Crippen LogP contribution in [0.1, 0.15) is 157 Å². The topological polar surface area (TPSA) is 97.3 Å². The third-order valence-electron chi connectivity index (χ3n) is 6.75. The van der Waals surface area contributed by atoms with Crippen molar-refractivity contribution in [2.24, 2.45) is 4.99 Å². The van der Waals surface area contributed by atoms with Crippen LogP contribution in [-0.4, -0.2) is 54.6 Å². The average Bonchev–Trinajstić information content (AvgIpc) is 2.91. The summed E-state index contributed by atoms with van der Waals surface area (Å²) in [6, 6.07) is 0. The van der Waals surface area contributed by atoms with Crippen molar-refractivity contribution in [3.8, 4) is 0 Å². The summed E-state index contributed by atoms with van der Waals surface area (Å²) in [5.41, 5.74) is -0.728. The molecule has 0 fully saturated rings. The maximum atomic E-state index is 12.6. The van der Waals surface area contributed by atoms with E-state index in [-0.39, 0.29) is 18.4 Å². The fraction of sp³-hybridized carbons (Fsp3) is 0.824. The van der Waals surface area contributed by atoms with Gasteiger partial charge in [0.05, 0.1) is 6.61 Å². The second-order valence-corrected chi connectivity index (χ2v) is 12.3. The molecule has 0 atom stereocenters. The number of rotatable bonds is 23. The Balaban J connectivity index is 4.42. The van der Waals surface area contributed by atoms with Crippen molar-refractivity contribution < 1.29 is 23.9 Å². The summed E-state index contributed by atoms with van der Waals surface area (Å²) in [5.74, 6) is -0.690. The Morgan fingerprint density at radius 1 is 0.738 bits per heavy atom. The van der Waals surface area contributed by atoms with Crippen LogP contribution in [0.15, 0.2) is 17.1 Å². The van der Waals surface area contributed by atoms with Crippen molar-refractivity contribution in [3.05, 3.63) is 12.2 Å². The maximum absolute atomic E-state index is 12.6. The molecule has 0 aromatic carbocycles. The zero-order valence-corrected chi connectivity index (χ0v) is 27.9. The fourth-order valence-corrected chi connectivity index (χ4v) is 4.33. The first-order valence-electron chi connectivity index (χ1n) is 16.7. The Labute approximate surface area is 257 Å². The molecule has 0 saturated heterocycles. The lowest BCUT2D eigenvalue weighted by molar-refractivity contribution is -0.144. The lowest BCUT2D eigenvalue weighted by Gasteiger charge is -2.22. The number of carbonyl (C=O) groups excluding carboxylic acids is 3. The SMILES string of the molecule is CCCCCCCC/C=C\CCCCCCCC(=O)NC(=NC(=O)OC(C)(C)C)N(C)CC(=O)OCCCCCCC. The molecule has 8 heteroatoms. The Hall–Kier alpha value is -2.38. The molecule has 0 heterocycles. The quantitative estimate of drug-likeness (QED) is 0.0418. The van der Waals surface area contributed by atoms with E-state index in [9.17, 15) is 14.4 Å². The lowest BCUT2D eigenvalue weighted by atomic mass is 10.1. The van der Waals surface area contributed by atoms with Gasteiger partial charge in [0.15, 0.2) is 0 Å². The van der Waals surface area contributed by atoms with Crippen LogP contribution in [0.5, 0.6) is 0 Å². The summed E-state index contributed by atoms with van der Waals surface area (Å²) < 4.78 is 10.6. The predicted molar refractivity (Wildman–Crippen MR) is 174 cm³/mol. The Morgan fingerprint density at radius 2 is 1.24 bits per heavy atom. The molecule has 0 aliphatic rings. The van der Waals surface area contributed by atoms with Crippen LogP contribution >= 0.6 is 0 Å². The molecule has 0 aliphatic carbocycles. The van der Waals surface area contributed by atoms with Gasteiger partial charge in [-0.2, -0.15) is 0 Å². The van der Waals surface area contributed by atoms with Gasteiger partial charge >= 0.3 is 12.1 Å². The predicted octanol–water partition coefficient (Wildman–Crippen LogP) is 8.88. The van der Waals surface area contributed by atoms with Gasteiger partial charge in [0.2, 0.25) is 11.9 Å². The first kappa shape index (κ1) is 39.6. The zero-order chi connectivity index (χ0) is 31.5. The summed E-state index contributed by atoms with van der Waals surface area (Å²) in [7, 11) is 1.59. The summed E-state index contributed by atoms with van der Waals surface area (Å²) in [4.78, 5) is 42.7. The molecule has 8 nitrogen and oxygen atoms in total. The first-order chi connectivity index (χ1) is 20.1. The van der Waals surface area contributed by atoms with Gasteiger partial charge in [-0.1, -0.05) is 103 Å². The third kappa shape index (κ3) is 26.5. The average molecular weight is 594 g/mol. The standard InChI is InChI=1S/C34H63N3O5/c1-7-9-11-13-14-15-16-17-18-19-20-21-22-23-25-27-30(38)35-32(36-33(40)42-34(3,4)5)37(6)29-31(39)41-28-26-24-12-10-8-2/h17-18H,7-16,19-29H2,1-6H3,(H,35,36,38,40)/b18-17-. The molecule has 0 unspecified atom stereocenters. The van der Waals surface area contributed by atoms with Crippen LogP contribution in [0, 0.1) is 0 Å². The number of aliphatic imine (C=N–C) groups is 1. The van der Waals surface area contributed by atoms with E-state index in [4.69, 9.17) is 9.47 Å². The van der Waals surface area contributed by atoms with Crippen molar-refractivity contribution in [2.75, 3.05) is 20.2 Å². The number of carbonyl (C=O) groups is 3. The molecule has 42 heavy (non-hydrogen) atoms. The number of likely N-dealkylation sites (N-methyl/N-ethyl adjacent to an activating group) is 1. The second kappa shape index (κ2) is 26.3. The van der Waals surface area contributed by atoms with Crippen LogP contribution in [0.25, 0.3) is 0 Å². The molecule has 0 aromatic heterocycles. The van der Waals surface area contributed by atoms with E-state index < -0.39 is 17.7 Å². The van der Waals surface area contributed by atoms with Crippen molar-refractivity contribution >= 4 is 23.9 Å². The maximum Gasteiger partial charge on any atom is 0.437 e. The Bertz CT molecular complexity index is 774. The van der Waals surface area contributed by atoms with Crippen LogP contribution in [0.4, 0.5) is 4.79 Å². The molecule has 0 radical (unpaired) electrons. The summed E-state index contributed by atoms with van der Waals surface area (Å²) in [6.45, 7) is 9.86. The van der Waals surface area contributed by atoms with Crippen LogP contribution < -0.4 is 5.32 Å². The number of amides is 2. The Kier molecular flexibility index (Phi) is 24.8. The van der Waals surface area contributed by atoms with Crippen molar-refractivity contribution in [1.29, 1.82) is 0 Å². The summed E-state index contributed by atoms with van der Waals surface area (Å²) in [5, 5.41) is 2.70. The molecular weight excluding hydrogens is 530 g/mol. The zero-order valence-electron chi connectivity index (χ0n) is 27.9. The minimum atomic E-state index is -0.824. The van der Waals surface area contributed by atoms with Gasteiger partial charge in [0.1, 0.15) is 12.1 Å². The van der Waals surface area contributed by atoms with Gasteiger partial charge < -0.3 is 14.4 Å². The molecule has 0 bridgehead atoms. The van der Waals surface area contributed by atoms with E-state index in [1.54, 1.807) is 27.8 Å². The highest BCUT2D eigenvalue weighted by molar-refractivity contribution is 6.01. The third-order valence-corrected chi connectivity index (χ3v) is 6.75. The number of unbranched alkanes of at least 4 members (excludes halogenated alkanes) is 15. The fourth-order valence-electron chi connectivity index (χ4n) is 4.33. The van der Waals surface area contributed by atoms with Crippen molar-refractivity contribution in [3.63, 3.8) is 0 Å². The van der Waals surface area contributed by atoms with Gasteiger partial charge in [0.25, 0.3) is 0 Å². The highest BCUT2D eigenvalue weighted by Crippen LogP contribution is 2.11. The molecule has 1 N–H and O–H groups in total. The van der Waals surface area contributed by atoms with Gasteiger partial charge in [-0.05, 0) is 59.3 Å². The van der Waals surface area contributed by atoms with Crippen molar-refractivity contribution in [2.45, 2.75) is 162 Å². The van der Waals surface area contributed by atoms with E-state index in [1.807, 2.05) is 0 Å². The minimum Gasteiger partial charge on any atom is -0.464 e. The summed E-state index contributed by atoms with van der Waals surface area (Å²) >= 11 is 0. The smallest absolute Gasteiger partial charge is 0.437 e. The van der Waals surface area contributed by atoms with Crippen LogP contribution in [0.3, 0.4) is 0 Å². The first-order valence-corrected chi connectivity index (χ1v) is 16.7. The number of nitrogens with zero attached hydrogens (tertiary/aromatic N) is 2. The van der Waals surface area contributed by atoms with Crippen molar-refractivity contribution in [1.82, 2.24) is 10.2 Å². The number of nitrogens with one attached hydrogen (secondary N) is 1. The summed E-state index contributed by atoms with van der Waals surface area (Å²) in [6.07, 6.45) is 24.9. The molecule has 0 saturated carbocycles. The molecule has 244 valence electrons. The van der Waals surface area contributed by atoms with E-state index >= 15 is 0 Å².